The van der Waals surface area contributed by atoms with Crippen LogP contribution in [-0.2, 0) is 33.8 Å². The summed E-state index contributed by atoms with van der Waals surface area (Å²) in [6.45, 7) is 0.846. The maximum absolute atomic E-state index is 14.3. The molecule has 0 saturated heterocycles. The Morgan fingerprint density at radius 3 is 2.72 bits per heavy atom. The molecule has 0 N–H and O–H groups in total. The predicted molar refractivity (Wildman–Crippen MR) is 108 cm³/mol. The van der Waals surface area contributed by atoms with Gasteiger partial charge < -0.3 is 14.4 Å². The van der Waals surface area contributed by atoms with Crippen molar-refractivity contribution in [1.29, 1.82) is 0 Å². The predicted octanol–water partition coefficient (Wildman–Crippen LogP) is 3.93. The lowest BCUT2D eigenvalue weighted by Gasteiger charge is -2.28. The van der Waals surface area contributed by atoms with Crippen molar-refractivity contribution in [1.82, 2.24) is 4.90 Å². The molecule has 1 aliphatic heterocycles. The summed E-state index contributed by atoms with van der Waals surface area (Å²) in [5.74, 6) is -1.29. The van der Waals surface area contributed by atoms with E-state index in [0.717, 1.165) is 23.3 Å². The van der Waals surface area contributed by atoms with Crippen molar-refractivity contribution in [2.24, 2.45) is 0 Å². The van der Waals surface area contributed by atoms with Crippen LogP contribution >= 0.6 is 11.3 Å². The minimum atomic E-state index is -0.636. The number of rotatable bonds is 5. The van der Waals surface area contributed by atoms with E-state index in [9.17, 15) is 14.0 Å². The number of benzene rings is 2. The summed E-state index contributed by atoms with van der Waals surface area (Å²) in [6.07, 6.45) is 0.781. The van der Waals surface area contributed by atoms with E-state index in [-0.39, 0.29) is 24.0 Å². The molecule has 1 amide bonds. The Kier molecular flexibility index (Phi) is 5.60. The van der Waals surface area contributed by atoms with Crippen molar-refractivity contribution in [2.45, 2.75) is 19.6 Å². The first-order chi connectivity index (χ1) is 14.1. The molecule has 0 atom stereocenters. The number of thiophene rings is 1. The van der Waals surface area contributed by atoms with Gasteiger partial charge in [0.15, 0.2) is 6.61 Å². The number of ether oxygens (including phenoxy) is 2. The monoisotopic (exact) mass is 413 g/mol. The van der Waals surface area contributed by atoms with Gasteiger partial charge >= 0.3 is 5.97 Å². The van der Waals surface area contributed by atoms with Gasteiger partial charge in [0, 0.05) is 35.8 Å². The number of methoxy groups -OCH3 is 1. The summed E-state index contributed by atoms with van der Waals surface area (Å²) < 4.78 is 25.3. The lowest BCUT2D eigenvalue weighted by molar-refractivity contribution is -0.135. The van der Waals surface area contributed by atoms with Crippen LogP contribution in [0.25, 0.3) is 10.1 Å². The molecule has 0 spiro atoms. The third-order valence-electron chi connectivity index (χ3n) is 5.05. The zero-order valence-electron chi connectivity index (χ0n) is 15.9. The molecule has 150 valence electrons. The largest absolute Gasteiger partial charge is 0.451 e. The maximum Gasteiger partial charge on any atom is 0.349 e. The molecule has 4 rings (SSSR count). The highest BCUT2D eigenvalue weighted by Crippen LogP contribution is 2.34. The maximum atomic E-state index is 14.3. The first-order valence-electron chi connectivity index (χ1n) is 9.29. The van der Waals surface area contributed by atoms with E-state index in [1.165, 1.54) is 18.7 Å². The Hall–Kier alpha value is -2.77. The van der Waals surface area contributed by atoms with Crippen molar-refractivity contribution in [3.8, 4) is 0 Å². The summed E-state index contributed by atoms with van der Waals surface area (Å²) >= 11 is 1.14. The highest BCUT2D eigenvalue weighted by atomic mass is 32.1. The quantitative estimate of drug-likeness (QED) is 0.595. The summed E-state index contributed by atoms with van der Waals surface area (Å²) in [4.78, 5) is 27.2. The van der Waals surface area contributed by atoms with Crippen LogP contribution in [0.1, 0.15) is 26.4 Å². The van der Waals surface area contributed by atoms with Crippen LogP contribution in [0.15, 0.2) is 42.5 Å². The molecule has 1 aliphatic rings. The average molecular weight is 413 g/mol. The number of fused-ring (bicyclic) bond motifs is 2. The molecule has 2 heterocycles. The van der Waals surface area contributed by atoms with Gasteiger partial charge in [-0.3, -0.25) is 4.79 Å². The SMILES string of the molecule is COCc1c(C(=O)OCC(=O)N2CCc3ccccc3C2)sc2cccc(F)c12. The zero-order valence-corrected chi connectivity index (χ0v) is 16.8. The number of amides is 1. The first-order valence-corrected chi connectivity index (χ1v) is 10.1. The fraction of sp³-hybridized carbons (Fsp3) is 0.273. The van der Waals surface area contributed by atoms with E-state index in [0.29, 0.717) is 28.7 Å². The van der Waals surface area contributed by atoms with Crippen molar-refractivity contribution < 1.29 is 23.5 Å². The van der Waals surface area contributed by atoms with Gasteiger partial charge in [0.1, 0.15) is 10.7 Å². The standard InChI is InChI=1S/C22H20FNO4S/c1-27-12-16-20-17(23)7-4-8-18(20)29-21(16)22(26)28-13-19(25)24-10-9-14-5-2-3-6-15(14)11-24/h2-8H,9-13H2,1H3. The van der Waals surface area contributed by atoms with Gasteiger partial charge in [-0.25, -0.2) is 9.18 Å². The highest BCUT2D eigenvalue weighted by molar-refractivity contribution is 7.21. The number of esters is 1. The lowest BCUT2D eigenvalue weighted by atomic mass is 10.00. The summed E-state index contributed by atoms with van der Waals surface area (Å²) in [6, 6.07) is 12.7. The van der Waals surface area contributed by atoms with Gasteiger partial charge in [-0.15, -0.1) is 11.3 Å². The Morgan fingerprint density at radius 2 is 1.93 bits per heavy atom. The van der Waals surface area contributed by atoms with E-state index in [2.05, 4.69) is 6.07 Å². The third kappa shape index (κ3) is 3.88. The Balaban J connectivity index is 1.47. The van der Waals surface area contributed by atoms with Crippen molar-refractivity contribution in [3.63, 3.8) is 0 Å². The normalized spacial score (nSPS) is 13.4. The topological polar surface area (TPSA) is 55.8 Å². The van der Waals surface area contributed by atoms with Crippen LogP contribution in [0, 0.1) is 5.82 Å². The van der Waals surface area contributed by atoms with Crippen LogP contribution in [0.3, 0.4) is 0 Å². The van der Waals surface area contributed by atoms with Crippen molar-refractivity contribution in [3.05, 3.63) is 69.8 Å². The van der Waals surface area contributed by atoms with Crippen LogP contribution < -0.4 is 0 Å². The van der Waals surface area contributed by atoms with E-state index < -0.39 is 11.8 Å². The second-order valence-corrected chi connectivity index (χ2v) is 7.92. The third-order valence-corrected chi connectivity index (χ3v) is 6.22. The molecule has 2 aromatic carbocycles. The van der Waals surface area contributed by atoms with Gasteiger partial charge in [-0.1, -0.05) is 30.3 Å². The van der Waals surface area contributed by atoms with E-state index in [1.807, 2.05) is 18.2 Å². The number of halogens is 1. The highest BCUT2D eigenvalue weighted by Gasteiger charge is 2.25. The molecular formula is C22H20FNO4S. The molecule has 0 aliphatic carbocycles. The number of hydrogen-bond donors (Lipinski definition) is 0. The molecule has 0 unspecified atom stereocenters. The van der Waals surface area contributed by atoms with Gasteiger partial charge in [0.2, 0.25) is 0 Å². The smallest absolute Gasteiger partial charge is 0.349 e. The molecule has 0 bridgehead atoms. The van der Waals surface area contributed by atoms with Crippen LogP contribution in [0.5, 0.6) is 0 Å². The minimum absolute atomic E-state index is 0.0855. The molecule has 0 radical (unpaired) electrons. The summed E-state index contributed by atoms with van der Waals surface area (Å²) in [5.41, 5.74) is 2.81. The number of carbonyl (C=O) groups is 2. The van der Waals surface area contributed by atoms with Crippen molar-refractivity contribution >= 4 is 33.3 Å². The van der Waals surface area contributed by atoms with Gasteiger partial charge in [-0.2, -0.15) is 0 Å². The molecule has 7 heteroatoms. The van der Waals surface area contributed by atoms with Crippen LogP contribution in [0.2, 0.25) is 0 Å². The number of hydrogen-bond acceptors (Lipinski definition) is 5. The molecule has 3 aromatic rings. The fourth-order valence-electron chi connectivity index (χ4n) is 3.61. The second kappa shape index (κ2) is 8.31. The number of nitrogens with zero attached hydrogens (tertiary/aromatic N) is 1. The molecule has 29 heavy (non-hydrogen) atoms. The summed E-state index contributed by atoms with van der Waals surface area (Å²) in [7, 11) is 1.48. The van der Waals surface area contributed by atoms with Gasteiger partial charge in [0.05, 0.1) is 6.61 Å². The fourth-order valence-corrected chi connectivity index (χ4v) is 4.72. The molecular weight excluding hydrogens is 393 g/mol. The Bertz CT molecular complexity index is 1080. The molecule has 0 fully saturated rings. The van der Waals surface area contributed by atoms with E-state index >= 15 is 0 Å². The number of carbonyl (C=O) groups excluding carboxylic acids is 2. The summed E-state index contributed by atoms with van der Waals surface area (Å²) in [5, 5.41) is 0.366. The Morgan fingerprint density at radius 1 is 1.14 bits per heavy atom. The lowest BCUT2D eigenvalue weighted by Crippen LogP contribution is -2.38. The minimum Gasteiger partial charge on any atom is -0.451 e. The zero-order chi connectivity index (χ0) is 20.4. The van der Waals surface area contributed by atoms with Gasteiger partial charge in [0.25, 0.3) is 5.91 Å². The van der Waals surface area contributed by atoms with E-state index in [1.54, 1.807) is 17.0 Å². The first kappa shape index (κ1) is 19.5. The van der Waals surface area contributed by atoms with Crippen LogP contribution in [0.4, 0.5) is 4.39 Å². The Labute approximate surface area is 171 Å². The second-order valence-electron chi connectivity index (χ2n) is 6.87. The molecule has 0 saturated carbocycles. The molecule has 1 aromatic heterocycles. The van der Waals surface area contributed by atoms with Crippen LogP contribution in [-0.4, -0.2) is 37.0 Å². The average Bonchev–Trinajstić information content (AvgIpc) is 3.11. The van der Waals surface area contributed by atoms with E-state index in [4.69, 9.17) is 9.47 Å². The van der Waals surface area contributed by atoms with Crippen molar-refractivity contribution in [2.75, 3.05) is 20.3 Å². The van der Waals surface area contributed by atoms with Gasteiger partial charge in [-0.05, 0) is 29.7 Å². The molecule has 5 nitrogen and oxygen atoms in total.